The van der Waals surface area contributed by atoms with E-state index in [9.17, 15) is 13.2 Å². The quantitative estimate of drug-likeness (QED) is 0.916. The van der Waals surface area contributed by atoms with Crippen LogP contribution in [0.4, 0.5) is 0 Å². The minimum absolute atomic E-state index is 0.109. The minimum Gasteiger partial charge on any atom is -0.351 e. The highest BCUT2D eigenvalue weighted by Gasteiger charge is 2.35. The summed E-state index contributed by atoms with van der Waals surface area (Å²) >= 11 is 6.01. The van der Waals surface area contributed by atoms with Gasteiger partial charge in [0.1, 0.15) is 6.04 Å². The molecule has 1 aliphatic rings. The summed E-state index contributed by atoms with van der Waals surface area (Å²) in [6, 6.07) is 6.60. The molecule has 20 heavy (non-hydrogen) atoms. The number of sulfonamides is 1. The van der Waals surface area contributed by atoms with Crippen LogP contribution in [0.15, 0.2) is 24.3 Å². The molecule has 1 aliphatic heterocycles. The number of rotatable bonds is 3. The Labute approximate surface area is 124 Å². The third-order valence-corrected chi connectivity index (χ3v) is 5.78. The largest absolute Gasteiger partial charge is 0.351 e. The summed E-state index contributed by atoms with van der Waals surface area (Å²) in [5, 5.41) is 3.33. The van der Waals surface area contributed by atoms with Crippen molar-refractivity contribution in [1.82, 2.24) is 9.62 Å². The Morgan fingerprint density at radius 1 is 1.45 bits per heavy atom. The molecule has 1 unspecified atom stereocenters. The first-order valence-corrected chi connectivity index (χ1v) is 8.37. The van der Waals surface area contributed by atoms with E-state index in [1.165, 1.54) is 11.4 Å². The first-order valence-electron chi connectivity index (χ1n) is 6.38. The van der Waals surface area contributed by atoms with Crippen LogP contribution in [0.1, 0.15) is 18.4 Å². The van der Waals surface area contributed by atoms with Gasteiger partial charge in [-0.2, -0.15) is 4.31 Å². The molecule has 0 radical (unpaired) electrons. The normalized spacial score (nSPS) is 22.4. The summed E-state index contributed by atoms with van der Waals surface area (Å²) in [5.74, 6) is -0.173. The Morgan fingerprint density at radius 2 is 2.15 bits per heavy atom. The number of halogens is 1. The molecule has 1 N–H and O–H groups in total. The van der Waals surface area contributed by atoms with E-state index < -0.39 is 16.1 Å². The van der Waals surface area contributed by atoms with E-state index in [2.05, 4.69) is 5.32 Å². The van der Waals surface area contributed by atoms with Crippen molar-refractivity contribution in [2.75, 3.05) is 12.8 Å². The number of nitrogens with zero attached hydrogens (tertiary/aromatic N) is 1. The standard InChI is InChI=1S/C13H17ClN2O3S/c1-16-12(7-4-8-20(16,18)19)13(17)15-9-10-5-2-3-6-11(10)14/h2-3,5-6,12H,4,7-9H2,1H3,(H,15,17). The van der Waals surface area contributed by atoms with Gasteiger partial charge in [-0.05, 0) is 24.5 Å². The molecular weight excluding hydrogens is 300 g/mol. The fraction of sp³-hybridized carbons (Fsp3) is 0.462. The first kappa shape index (κ1) is 15.3. The van der Waals surface area contributed by atoms with E-state index in [-0.39, 0.29) is 11.7 Å². The van der Waals surface area contributed by atoms with Gasteiger partial charge in [0.15, 0.2) is 0 Å². The van der Waals surface area contributed by atoms with Gasteiger partial charge in [0, 0.05) is 18.6 Å². The zero-order valence-corrected chi connectivity index (χ0v) is 12.7. The van der Waals surface area contributed by atoms with Crippen LogP contribution in [0, 0.1) is 0 Å². The highest BCUT2D eigenvalue weighted by molar-refractivity contribution is 7.89. The molecule has 2 rings (SSSR count). The predicted octanol–water partition coefficient (Wildman–Crippen LogP) is 1.38. The van der Waals surface area contributed by atoms with E-state index in [0.717, 1.165) is 5.56 Å². The van der Waals surface area contributed by atoms with Crippen LogP contribution in [0.5, 0.6) is 0 Å². The highest BCUT2D eigenvalue weighted by atomic mass is 35.5. The third-order valence-electron chi connectivity index (χ3n) is 3.47. The van der Waals surface area contributed by atoms with E-state index in [1.807, 2.05) is 18.2 Å². The lowest BCUT2D eigenvalue weighted by molar-refractivity contribution is -0.125. The van der Waals surface area contributed by atoms with Crippen molar-refractivity contribution < 1.29 is 13.2 Å². The highest BCUT2D eigenvalue weighted by Crippen LogP contribution is 2.19. The lowest BCUT2D eigenvalue weighted by Gasteiger charge is -2.30. The topological polar surface area (TPSA) is 66.5 Å². The number of nitrogens with one attached hydrogen (secondary N) is 1. The second kappa shape index (κ2) is 6.11. The smallest absolute Gasteiger partial charge is 0.238 e. The average Bonchev–Trinajstić information content (AvgIpc) is 2.40. The SMILES string of the molecule is CN1C(C(=O)NCc2ccccc2Cl)CCCS1(=O)=O. The number of carbonyl (C=O) groups is 1. The third kappa shape index (κ3) is 3.31. The Morgan fingerprint density at radius 3 is 2.85 bits per heavy atom. The molecule has 1 atom stereocenters. The number of carbonyl (C=O) groups excluding carboxylic acids is 1. The molecule has 1 saturated heterocycles. The molecule has 1 heterocycles. The number of benzene rings is 1. The van der Waals surface area contributed by atoms with Crippen LogP contribution in [0.25, 0.3) is 0 Å². The number of amides is 1. The van der Waals surface area contributed by atoms with Crippen molar-refractivity contribution in [3.63, 3.8) is 0 Å². The molecule has 0 bridgehead atoms. The predicted molar refractivity (Wildman–Crippen MR) is 77.9 cm³/mol. The van der Waals surface area contributed by atoms with E-state index in [0.29, 0.717) is 24.4 Å². The second-order valence-corrected chi connectivity index (χ2v) is 7.35. The summed E-state index contributed by atoms with van der Waals surface area (Å²) < 4.78 is 24.7. The lowest BCUT2D eigenvalue weighted by Crippen LogP contribution is -2.50. The molecule has 0 spiro atoms. The van der Waals surface area contributed by atoms with Crippen molar-refractivity contribution >= 4 is 27.5 Å². The number of hydrogen-bond donors (Lipinski definition) is 1. The maximum atomic E-state index is 12.1. The molecule has 1 aromatic carbocycles. The Balaban J connectivity index is 2.00. The molecule has 110 valence electrons. The van der Waals surface area contributed by atoms with Crippen LogP contribution >= 0.6 is 11.6 Å². The van der Waals surface area contributed by atoms with Gasteiger partial charge < -0.3 is 5.32 Å². The zero-order chi connectivity index (χ0) is 14.8. The Kier molecular flexibility index (Phi) is 4.67. The van der Waals surface area contributed by atoms with Crippen molar-refractivity contribution in [2.24, 2.45) is 0 Å². The van der Waals surface area contributed by atoms with Crippen molar-refractivity contribution in [1.29, 1.82) is 0 Å². The van der Waals surface area contributed by atoms with E-state index in [4.69, 9.17) is 11.6 Å². The molecule has 1 aromatic rings. The molecule has 1 amide bonds. The molecule has 0 aromatic heterocycles. The summed E-state index contributed by atoms with van der Waals surface area (Å²) in [6.07, 6.45) is 1.06. The van der Waals surface area contributed by atoms with Crippen molar-refractivity contribution in [3.05, 3.63) is 34.9 Å². The summed E-state index contributed by atoms with van der Waals surface area (Å²) in [4.78, 5) is 12.1. The van der Waals surface area contributed by atoms with Gasteiger partial charge in [-0.3, -0.25) is 4.79 Å². The van der Waals surface area contributed by atoms with Gasteiger partial charge in [-0.1, -0.05) is 29.8 Å². The van der Waals surface area contributed by atoms with Crippen molar-refractivity contribution in [3.8, 4) is 0 Å². The summed E-state index contributed by atoms with van der Waals surface area (Å²) in [7, 11) is -1.85. The average molecular weight is 317 g/mol. The summed E-state index contributed by atoms with van der Waals surface area (Å²) in [5.41, 5.74) is 0.809. The van der Waals surface area contributed by atoms with Gasteiger partial charge in [0.2, 0.25) is 15.9 Å². The molecule has 5 nitrogen and oxygen atoms in total. The van der Waals surface area contributed by atoms with Gasteiger partial charge in [0.05, 0.1) is 5.75 Å². The first-order chi connectivity index (χ1) is 9.42. The molecule has 7 heteroatoms. The Hall–Kier alpha value is -1.11. The molecule has 0 aliphatic carbocycles. The van der Waals surface area contributed by atoms with Crippen LogP contribution < -0.4 is 5.32 Å². The fourth-order valence-electron chi connectivity index (χ4n) is 2.22. The van der Waals surface area contributed by atoms with Crippen LogP contribution in [0.2, 0.25) is 5.02 Å². The molecule has 1 fully saturated rings. The fourth-order valence-corrected chi connectivity index (χ4v) is 3.83. The van der Waals surface area contributed by atoms with Gasteiger partial charge in [0.25, 0.3) is 0 Å². The maximum Gasteiger partial charge on any atom is 0.238 e. The van der Waals surface area contributed by atoms with Gasteiger partial charge >= 0.3 is 0 Å². The minimum atomic E-state index is -3.30. The number of likely N-dealkylation sites (N-methyl/N-ethyl adjacent to an activating group) is 1. The summed E-state index contributed by atoms with van der Waals surface area (Å²) in [6.45, 7) is 0.295. The van der Waals surface area contributed by atoms with Crippen molar-refractivity contribution in [2.45, 2.75) is 25.4 Å². The lowest BCUT2D eigenvalue weighted by atomic mass is 10.1. The van der Waals surface area contributed by atoms with Gasteiger partial charge in [-0.25, -0.2) is 8.42 Å². The Bertz CT molecular complexity index is 603. The number of hydrogen-bond acceptors (Lipinski definition) is 3. The van der Waals surface area contributed by atoms with E-state index in [1.54, 1.807) is 6.07 Å². The van der Waals surface area contributed by atoms with E-state index >= 15 is 0 Å². The zero-order valence-electron chi connectivity index (χ0n) is 11.2. The molecule has 0 saturated carbocycles. The van der Waals surface area contributed by atoms with Crippen LogP contribution in [0.3, 0.4) is 0 Å². The second-order valence-electron chi connectivity index (χ2n) is 4.80. The maximum absolute atomic E-state index is 12.1. The van der Waals surface area contributed by atoms with Gasteiger partial charge in [-0.15, -0.1) is 0 Å². The van der Waals surface area contributed by atoms with Crippen LogP contribution in [-0.2, 0) is 21.4 Å². The van der Waals surface area contributed by atoms with Crippen LogP contribution in [-0.4, -0.2) is 37.5 Å². The molecular formula is C13H17ClN2O3S. The monoisotopic (exact) mass is 316 g/mol.